The van der Waals surface area contributed by atoms with Crippen molar-refractivity contribution in [3.63, 3.8) is 0 Å². The molecule has 0 unspecified atom stereocenters. The van der Waals surface area contributed by atoms with E-state index < -0.39 is 0 Å². The van der Waals surface area contributed by atoms with E-state index in [9.17, 15) is 9.59 Å². The maximum absolute atomic E-state index is 12.7. The van der Waals surface area contributed by atoms with E-state index in [4.69, 9.17) is 9.47 Å². The molecule has 1 aromatic heterocycles. The monoisotopic (exact) mass is 354 g/mol. The normalized spacial score (nSPS) is 17.1. The molecule has 1 saturated heterocycles. The van der Waals surface area contributed by atoms with Gasteiger partial charge in [0.1, 0.15) is 11.9 Å². The van der Waals surface area contributed by atoms with Crippen molar-refractivity contribution in [1.29, 1.82) is 0 Å². The number of likely N-dealkylation sites (tertiary alicyclic amines) is 1. The Hall–Kier alpha value is -3.16. The van der Waals surface area contributed by atoms with Crippen LogP contribution in [-0.2, 0) is 4.79 Å². The molecule has 1 N–H and O–H groups in total. The molecule has 0 atom stereocenters. The molecule has 2 amide bonds. The number of fused-ring (bicyclic) bond motifs is 1. The van der Waals surface area contributed by atoms with Gasteiger partial charge >= 0.3 is 0 Å². The van der Waals surface area contributed by atoms with E-state index >= 15 is 0 Å². The van der Waals surface area contributed by atoms with E-state index in [1.807, 2.05) is 0 Å². The number of hydrogen-bond donors (Lipinski definition) is 1. The summed E-state index contributed by atoms with van der Waals surface area (Å²) in [6, 6.07) is 5.08. The van der Waals surface area contributed by atoms with Crippen LogP contribution in [0.1, 0.15) is 23.2 Å². The van der Waals surface area contributed by atoms with Gasteiger partial charge in [-0.25, -0.2) is 4.98 Å². The van der Waals surface area contributed by atoms with Crippen molar-refractivity contribution in [2.45, 2.75) is 18.9 Å². The summed E-state index contributed by atoms with van der Waals surface area (Å²) in [6.45, 7) is 1.19. The molecule has 1 fully saturated rings. The number of nitrogens with zero attached hydrogens (tertiary/aromatic N) is 3. The number of carbonyl (C=O) groups is 2. The SMILES string of the molecule is O=C1COc2cc(C(=O)N3CCC(Oc4cnccn4)CC3)ccc2N1. The summed E-state index contributed by atoms with van der Waals surface area (Å²) in [6.07, 6.45) is 6.28. The first-order valence-corrected chi connectivity index (χ1v) is 8.48. The molecule has 26 heavy (non-hydrogen) atoms. The van der Waals surface area contributed by atoms with E-state index in [-0.39, 0.29) is 24.5 Å². The molecule has 0 bridgehead atoms. The molecule has 4 rings (SSSR count). The van der Waals surface area contributed by atoms with Crippen molar-refractivity contribution < 1.29 is 19.1 Å². The highest BCUT2D eigenvalue weighted by Crippen LogP contribution is 2.29. The number of amides is 2. The lowest BCUT2D eigenvalue weighted by molar-refractivity contribution is -0.118. The highest BCUT2D eigenvalue weighted by molar-refractivity contribution is 5.99. The second kappa shape index (κ2) is 6.99. The van der Waals surface area contributed by atoms with Crippen molar-refractivity contribution in [2.75, 3.05) is 25.0 Å². The number of rotatable bonds is 3. The van der Waals surface area contributed by atoms with Gasteiger partial charge in [-0.1, -0.05) is 0 Å². The van der Waals surface area contributed by atoms with Gasteiger partial charge in [-0.2, -0.15) is 0 Å². The van der Waals surface area contributed by atoms with Crippen LogP contribution in [0.25, 0.3) is 0 Å². The quantitative estimate of drug-likeness (QED) is 0.898. The minimum atomic E-state index is -0.193. The zero-order valence-electron chi connectivity index (χ0n) is 14.1. The molecule has 2 aromatic rings. The Morgan fingerprint density at radius 2 is 2.12 bits per heavy atom. The number of aromatic nitrogens is 2. The molecule has 2 aliphatic heterocycles. The van der Waals surface area contributed by atoms with Gasteiger partial charge in [-0.15, -0.1) is 0 Å². The second-order valence-corrected chi connectivity index (χ2v) is 6.20. The number of carbonyl (C=O) groups excluding carboxylic acids is 2. The number of anilines is 1. The van der Waals surface area contributed by atoms with Crippen LogP contribution >= 0.6 is 0 Å². The summed E-state index contributed by atoms with van der Waals surface area (Å²) in [4.78, 5) is 34.0. The fourth-order valence-electron chi connectivity index (χ4n) is 3.08. The Bertz CT molecular complexity index is 819. The van der Waals surface area contributed by atoms with Crippen molar-refractivity contribution in [1.82, 2.24) is 14.9 Å². The molecule has 2 aliphatic rings. The Labute approximate surface area is 150 Å². The number of piperidine rings is 1. The third kappa shape index (κ3) is 3.44. The number of benzene rings is 1. The summed E-state index contributed by atoms with van der Waals surface area (Å²) in [5, 5.41) is 2.72. The predicted octanol–water partition coefficient (Wildman–Crippen LogP) is 1.49. The lowest BCUT2D eigenvalue weighted by Gasteiger charge is -2.32. The molecule has 8 nitrogen and oxygen atoms in total. The van der Waals surface area contributed by atoms with E-state index in [1.165, 1.54) is 0 Å². The number of nitrogens with one attached hydrogen (secondary N) is 1. The first-order chi connectivity index (χ1) is 12.7. The van der Waals surface area contributed by atoms with Gasteiger partial charge < -0.3 is 19.7 Å². The predicted molar refractivity (Wildman–Crippen MR) is 92.2 cm³/mol. The number of ether oxygens (including phenoxy) is 2. The van der Waals surface area contributed by atoms with Crippen LogP contribution in [-0.4, -0.2) is 52.5 Å². The molecule has 0 aliphatic carbocycles. The maximum Gasteiger partial charge on any atom is 0.262 e. The fraction of sp³-hybridized carbons (Fsp3) is 0.333. The first-order valence-electron chi connectivity index (χ1n) is 8.48. The average Bonchev–Trinajstić information content (AvgIpc) is 2.68. The van der Waals surface area contributed by atoms with Crippen LogP contribution in [0.15, 0.2) is 36.8 Å². The smallest absolute Gasteiger partial charge is 0.262 e. The van der Waals surface area contributed by atoms with Gasteiger partial charge in [0.2, 0.25) is 5.88 Å². The molecule has 0 saturated carbocycles. The maximum atomic E-state index is 12.7. The third-order valence-electron chi connectivity index (χ3n) is 4.42. The largest absolute Gasteiger partial charge is 0.482 e. The summed E-state index contributed by atoms with van der Waals surface area (Å²) in [5.41, 5.74) is 1.14. The lowest BCUT2D eigenvalue weighted by Crippen LogP contribution is -2.41. The van der Waals surface area contributed by atoms with Gasteiger partial charge in [0.15, 0.2) is 6.61 Å². The zero-order chi connectivity index (χ0) is 17.9. The highest BCUT2D eigenvalue weighted by Gasteiger charge is 2.26. The summed E-state index contributed by atoms with van der Waals surface area (Å²) in [7, 11) is 0. The Morgan fingerprint density at radius 3 is 2.88 bits per heavy atom. The zero-order valence-corrected chi connectivity index (χ0v) is 14.1. The molecular weight excluding hydrogens is 336 g/mol. The molecule has 3 heterocycles. The van der Waals surface area contributed by atoms with Crippen LogP contribution in [0.5, 0.6) is 11.6 Å². The minimum Gasteiger partial charge on any atom is -0.482 e. The molecule has 134 valence electrons. The van der Waals surface area contributed by atoms with Crippen LogP contribution in [0.3, 0.4) is 0 Å². The summed E-state index contributed by atoms with van der Waals surface area (Å²) >= 11 is 0. The van der Waals surface area contributed by atoms with Gasteiger partial charge in [-0.05, 0) is 18.2 Å². The van der Waals surface area contributed by atoms with Gasteiger partial charge in [-0.3, -0.25) is 14.6 Å². The van der Waals surface area contributed by atoms with Crippen molar-refractivity contribution in [3.8, 4) is 11.6 Å². The molecule has 0 radical (unpaired) electrons. The van der Waals surface area contributed by atoms with Crippen LogP contribution in [0.2, 0.25) is 0 Å². The van der Waals surface area contributed by atoms with Crippen molar-refractivity contribution >= 4 is 17.5 Å². The Morgan fingerprint density at radius 1 is 1.27 bits per heavy atom. The molecule has 0 spiro atoms. The summed E-state index contributed by atoms with van der Waals surface area (Å²) < 4.78 is 11.2. The van der Waals surface area contributed by atoms with E-state index in [2.05, 4.69) is 15.3 Å². The Kier molecular flexibility index (Phi) is 4.39. The topological polar surface area (TPSA) is 93.7 Å². The standard InChI is InChI=1S/C18H18N4O4/c23-16-11-25-15-9-12(1-2-14(15)21-16)18(24)22-7-3-13(4-8-22)26-17-10-19-5-6-20-17/h1-2,5-6,9-10,13H,3-4,7-8,11H2,(H,21,23). The van der Waals surface area contributed by atoms with Gasteiger partial charge in [0, 0.05) is 43.9 Å². The first kappa shape index (κ1) is 16.3. The van der Waals surface area contributed by atoms with Crippen molar-refractivity contribution in [2.24, 2.45) is 0 Å². The molecular formula is C18H18N4O4. The Balaban J connectivity index is 1.37. The minimum absolute atomic E-state index is 0.0258. The van der Waals surface area contributed by atoms with E-state index in [0.717, 1.165) is 12.8 Å². The van der Waals surface area contributed by atoms with E-state index in [0.29, 0.717) is 36.0 Å². The molecule has 8 heteroatoms. The fourth-order valence-corrected chi connectivity index (χ4v) is 3.08. The van der Waals surface area contributed by atoms with Crippen LogP contribution < -0.4 is 14.8 Å². The summed E-state index contributed by atoms with van der Waals surface area (Å²) in [5.74, 6) is 0.787. The average molecular weight is 354 g/mol. The van der Waals surface area contributed by atoms with Crippen LogP contribution in [0, 0.1) is 0 Å². The van der Waals surface area contributed by atoms with Crippen molar-refractivity contribution in [3.05, 3.63) is 42.4 Å². The van der Waals surface area contributed by atoms with Gasteiger partial charge in [0.05, 0.1) is 11.9 Å². The van der Waals surface area contributed by atoms with Gasteiger partial charge in [0.25, 0.3) is 11.8 Å². The molecule has 1 aromatic carbocycles. The van der Waals surface area contributed by atoms with E-state index in [1.54, 1.807) is 41.7 Å². The lowest BCUT2D eigenvalue weighted by atomic mass is 10.1. The van der Waals surface area contributed by atoms with Crippen LogP contribution in [0.4, 0.5) is 5.69 Å². The third-order valence-corrected chi connectivity index (χ3v) is 4.42. The second-order valence-electron chi connectivity index (χ2n) is 6.20. The number of hydrogen-bond acceptors (Lipinski definition) is 6. The highest BCUT2D eigenvalue weighted by atomic mass is 16.5.